The fraction of sp³-hybridized carbons (Fsp3) is 0.333. The number of nitrogens with zero attached hydrogens (tertiary/aromatic N) is 5. The summed E-state index contributed by atoms with van der Waals surface area (Å²) in [6.45, 7) is 5.18. The fourth-order valence-electron chi connectivity index (χ4n) is 4.39. The molecule has 1 atom stereocenters. The van der Waals surface area contributed by atoms with Crippen LogP contribution in [0.4, 0.5) is 5.82 Å². The van der Waals surface area contributed by atoms with Gasteiger partial charge in [-0.2, -0.15) is 4.52 Å². The van der Waals surface area contributed by atoms with Gasteiger partial charge in [-0.15, -0.1) is 5.10 Å². The van der Waals surface area contributed by atoms with Crippen LogP contribution in [0.2, 0.25) is 0 Å². The van der Waals surface area contributed by atoms with Crippen LogP contribution < -0.4 is 4.90 Å². The number of aromatic nitrogens is 4. The Labute approximate surface area is 197 Å². The predicted molar refractivity (Wildman–Crippen MR) is 126 cm³/mol. The van der Waals surface area contributed by atoms with Gasteiger partial charge in [0.1, 0.15) is 5.82 Å². The molecule has 4 aromatic rings. The van der Waals surface area contributed by atoms with Gasteiger partial charge >= 0.3 is 5.97 Å². The maximum atomic E-state index is 13.4. The van der Waals surface area contributed by atoms with E-state index < -0.39 is 9.84 Å². The number of rotatable bonds is 5. The quantitative estimate of drug-likeness (QED) is 0.402. The Balaban J connectivity index is 1.66. The van der Waals surface area contributed by atoms with Crippen molar-refractivity contribution in [1.29, 1.82) is 0 Å². The smallest absolute Gasteiger partial charge is 0.310 e. The number of para-hydroxylation sites is 1. The Bertz CT molecular complexity index is 1480. The maximum absolute atomic E-state index is 13.4. The number of hydrogen-bond acceptors (Lipinski definition) is 8. The van der Waals surface area contributed by atoms with E-state index in [1.807, 2.05) is 36.1 Å². The number of piperidine rings is 1. The van der Waals surface area contributed by atoms with E-state index in [9.17, 15) is 13.2 Å². The number of benzene rings is 2. The topological polar surface area (TPSA) is 107 Å². The van der Waals surface area contributed by atoms with Crippen molar-refractivity contribution in [3.8, 4) is 0 Å². The number of hydrogen-bond donors (Lipinski definition) is 0. The molecule has 0 spiro atoms. The van der Waals surface area contributed by atoms with Crippen molar-refractivity contribution in [3.05, 3.63) is 54.1 Å². The number of esters is 1. The van der Waals surface area contributed by atoms with Crippen LogP contribution >= 0.6 is 0 Å². The van der Waals surface area contributed by atoms with Gasteiger partial charge in [0.25, 0.3) is 0 Å². The molecule has 0 bridgehead atoms. The third-order valence-corrected chi connectivity index (χ3v) is 7.79. The molecule has 1 fully saturated rings. The van der Waals surface area contributed by atoms with Gasteiger partial charge in [-0.25, -0.2) is 13.4 Å². The molecule has 1 saturated heterocycles. The van der Waals surface area contributed by atoms with Crippen molar-refractivity contribution in [1.82, 2.24) is 19.8 Å². The molecule has 1 aliphatic rings. The summed E-state index contributed by atoms with van der Waals surface area (Å²) in [5, 5.41) is 8.80. The van der Waals surface area contributed by atoms with Gasteiger partial charge in [0.05, 0.1) is 22.9 Å². The highest BCUT2D eigenvalue weighted by Crippen LogP contribution is 2.32. The van der Waals surface area contributed by atoms with Crippen molar-refractivity contribution >= 4 is 38.2 Å². The normalized spacial score (nSPS) is 16.8. The highest BCUT2D eigenvalue weighted by molar-refractivity contribution is 7.91. The highest BCUT2D eigenvalue weighted by atomic mass is 32.2. The first-order valence-electron chi connectivity index (χ1n) is 11.3. The lowest BCUT2D eigenvalue weighted by Crippen LogP contribution is -2.40. The second-order valence-corrected chi connectivity index (χ2v) is 10.3. The average Bonchev–Trinajstić information content (AvgIpc) is 3.29. The lowest BCUT2D eigenvalue weighted by molar-refractivity contribution is -0.148. The van der Waals surface area contributed by atoms with Crippen LogP contribution in [0.15, 0.2) is 58.5 Å². The minimum Gasteiger partial charge on any atom is -0.466 e. The molecule has 2 aromatic heterocycles. The van der Waals surface area contributed by atoms with Crippen molar-refractivity contribution in [3.63, 3.8) is 0 Å². The summed E-state index contributed by atoms with van der Waals surface area (Å²) >= 11 is 0. The molecule has 1 aliphatic heterocycles. The number of carbonyl (C=O) groups excluding carboxylic acids is 1. The highest BCUT2D eigenvalue weighted by Gasteiger charge is 2.31. The largest absolute Gasteiger partial charge is 0.466 e. The van der Waals surface area contributed by atoms with E-state index in [1.165, 1.54) is 4.52 Å². The molecule has 176 valence electrons. The third-order valence-electron chi connectivity index (χ3n) is 6.13. The van der Waals surface area contributed by atoms with Gasteiger partial charge in [0, 0.05) is 18.5 Å². The van der Waals surface area contributed by atoms with Gasteiger partial charge in [-0.3, -0.25) is 4.79 Å². The van der Waals surface area contributed by atoms with E-state index in [2.05, 4.69) is 10.3 Å². The molecule has 34 heavy (non-hydrogen) atoms. The number of aryl methyl sites for hydroxylation is 1. The third kappa shape index (κ3) is 3.77. The van der Waals surface area contributed by atoms with Gasteiger partial charge in [0.15, 0.2) is 5.65 Å². The first kappa shape index (κ1) is 22.3. The lowest BCUT2D eigenvalue weighted by atomic mass is 9.98. The van der Waals surface area contributed by atoms with Crippen LogP contribution in [0, 0.1) is 12.8 Å². The summed E-state index contributed by atoms with van der Waals surface area (Å²) in [5.41, 5.74) is 1.81. The van der Waals surface area contributed by atoms with E-state index >= 15 is 0 Å². The molecule has 5 rings (SSSR count). The van der Waals surface area contributed by atoms with Gasteiger partial charge in [0.2, 0.25) is 14.9 Å². The number of carbonyl (C=O) groups is 1. The second kappa shape index (κ2) is 8.68. The van der Waals surface area contributed by atoms with Crippen molar-refractivity contribution in [2.45, 2.75) is 36.6 Å². The molecule has 2 aromatic carbocycles. The molecule has 9 nitrogen and oxygen atoms in total. The number of sulfone groups is 1. The van der Waals surface area contributed by atoms with Crippen LogP contribution in [0.5, 0.6) is 0 Å². The first-order chi connectivity index (χ1) is 16.4. The molecule has 0 N–H and O–H groups in total. The van der Waals surface area contributed by atoms with Crippen LogP contribution in [0.3, 0.4) is 0 Å². The molecule has 0 amide bonds. The van der Waals surface area contributed by atoms with E-state index in [0.29, 0.717) is 31.0 Å². The van der Waals surface area contributed by atoms with Crippen molar-refractivity contribution in [2.75, 3.05) is 24.6 Å². The molecule has 10 heteroatoms. The minimum atomic E-state index is -3.94. The molecule has 0 saturated carbocycles. The monoisotopic (exact) mass is 479 g/mol. The Morgan fingerprint density at radius 2 is 1.91 bits per heavy atom. The Kier molecular flexibility index (Phi) is 5.68. The molecular weight excluding hydrogens is 454 g/mol. The second-order valence-electron chi connectivity index (χ2n) is 8.44. The SMILES string of the molecule is CCOC(=O)[C@H]1CCCN(c2nc3c(S(=O)(=O)c4ccc(C)cc4)nnn3c3ccccc23)C1. The first-order valence-corrected chi connectivity index (χ1v) is 12.8. The number of anilines is 1. The molecule has 3 heterocycles. The summed E-state index contributed by atoms with van der Waals surface area (Å²) in [4.78, 5) is 19.3. The van der Waals surface area contributed by atoms with E-state index in [4.69, 9.17) is 9.72 Å². The molecular formula is C24H25N5O4S. The summed E-state index contributed by atoms with van der Waals surface area (Å²) < 4.78 is 33.6. The van der Waals surface area contributed by atoms with E-state index in [0.717, 1.165) is 23.8 Å². The zero-order valence-electron chi connectivity index (χ0n) is 19.0. The summed E-state index contributed by atoms with van der Waals surface area (Å²) in [5.74, 6) is 0.135. The van der Waals surface area contributed by atoms with Gasteiger partial charge in [-0.05, 0) is 51.0 Å². The van der Waals surface area contributed by atoms with Crippen LogP contribution in [0.1, 0.15) is 25.3 Å². The zero-order valence-corrected chi connectivity index (χ0v) is 19.8. The van der Waals surface area contributed by atoms with Crippen LogP contribution in [0.25, 0.3) is 16.6 Å². The van der Waals surface area contributed by atoms with Crippen molar-refractivity contribution < 1.29 is 17.9 Å². The molecule has 0 radical (unpaired) electrons. The Morgan fingerprint density at radius 1 is 1.15 bits per heavy atom. The predicted octanol–water partition coefficient (Wildman–Crippen LogP) is 3.20. The molecule has 0 unspecified atom stereocenters. The standard InChI is InChI=1S/C24H25N5O4S/c1-3-33-24(30)17-7-6-14-28(15-17)21-19-8-4-5-9-20(19)29-22(25-21)23(26-27-29)34(31,32)18-12-10-16(2)11-13-18/h4-5,8-13,17H,3,6-7,14-15H2,1-2H3/t17-/m0/s1. The van der Waals surface area contributed by atoms with Crippen LogP contribution in [-0.4, -0.2) is 53.9 Å². The van der Waals surface area contributed by atoms with Crippen LogP contribution in [-0.2, 0) is 19.4 Å². The summed E-state index contributed by atoms with van der Waals surface area (Å²) in [6, 6.07) is 14.1. The lowest BCUT2D eigenvalue weighted by Gasteiger charge is -2.33. The number of ether oxygens (including phenoxy) is 1. The Morgan fingerprint density at radius 3 is 2.68 bits per heavy atom. The summed E-state index contributed by atoms with van der Waals surface area (Å²) in [6.07, 6.45) is 1.55. The average molecular weight is 480 g/mol. The zero-order chi connectivity index (χ0) is 23.9. The number of fused-ring (bicyclic) bond motifs is 3. The molecule has 0 aliphatic carbocycles. The minimum absolute atomic E-state index is 0.136. The Hall–Kier alpha value is -3.53. The van der Waals surface area contributed by atoms with E-state index in [-0.39, 0.29) is 27.5 Å². The fourth-order valence-corrected chi connectivity index (χ4v) is 5.63. The maximum Gasteiger partial charge on any atom is 0.310 e. The summed E-state index contributed by atoms with van der Waals surface area (Å²) in [7, 11) is -3.94. The van der Waals surface area contributed by atoms with E-state index in [1.54, 1.807) is 31.2 Å². The van der Waals surface area contributed by atoms with Crippen molar-refractivity contribution in [2.24, 2.45) is 5.92 Å². The van der Waals surface area contributed by atoms with Gasteiger partial charge in [-0.1, -0.05) is 35.0 Å². The van der Waals surface area contributed by atoms with Gasteiger partial charge < -0.3 is 9.64 Å².